The van der Waals surface area contributed by atoms with Crippen LogP contribution in [0.4, 0.5) is 0 Å². The zero-order valence-electron chi connectivity index (χ0n) is 14.3. The zero-order chi connectivity index (χ0) is 18.1. The number of hydrogen-bond donors (Lipinski definition) is 2. The normalized spacial score (nSPS) is 12.0. The smallest absolute Gasteiger partial charge is 0.263 e. The van der Waals surface area contributed by atoms with Crippen LogP contribution in [0, 0.1) is 11.3 Å². The van der Waals surface area contributed by atoms with Gasteiger partial charge >= 0.3 is 0 Å². The minimum absolute atomic E-state index is 0.0382. The number of amides is 1. The summed E-state index contributed by atoms with van der Waals surface area (Å²) in [4.78, 5) is 12.2. The highest BCUT2D eigenvalue weighted by Gasteiger charge is 2.13. The van der Waals surface area contributed by atoms with Crippen molar-refractivity contribution in [2.24, 2.45) is 0 Å². The first-order valence-corrected chi connectivity index (χ1v) is 7.96. The standard InChI is InChI=1S/C20H21N3O2/c1-15(17-6-4-3-5-7-17)23-20(24)18(12-21)14-22-13-16-8-10-19(25-2)11-9-16/h3-11,14-15,22H,13H2,1-2H3,(H,23,24)/b18-14-. The summed E-state index contributed by atoms with van der Waals surface area (Å²) in [6.07, 6.45) is 1.44. The predicted octanol–water partition coefficient (Wildman–Crippen LogP) is 3.07. The number of benzene rings is 2. The number of methoxy groups -OCH3 is 1. The number of nitrogens with one attached hydrogen (secondary N) is 2. The summed E-state index contributed by atoms with van der Waals surface area (Å²) in [6, 6.07) is 18.9. The largest absolute Gasteiger partial charge is 0.497 e. The SMILES string of the molecule is COc1ccc(CN/C=C(/C#N)C(=O)NC(C)c2ccccc2)cc1. The molecule has 0 fully saturated rings. The Bertz CT molecular complexity index is 762. The van der Waals surface area contributed by atoms with Crippen LogP contribution in [0.2, 0.25) is 0 Å². The first kappa shape index (κ1) is 18.1. The average molecular weight is 335 g/mol. The van der Waals surface area contributed by atoms with Crippen LogP contribution in [-0.4, -0.2) is 13.0 Å². The van der Waals surface area contributed by atoms with E-state index < -0.39 is 5.91 Å². The van der Waals surface area contributed by atoms with Crippen molar-refractivity contribution in [1.82, 2.24) is 10.6 Å². The van der Waals surface area contributed by atoms with Gasteiger partial charge in [0.15, 0.2) is 0 Å². The molecule has 0 spiro atoms. The number of hydrogen-bond acceptors (Lipinski definition) is 4. The van der Waals surface area contributed by atoms with Crippen molar-refractivity contribution in [3.63, 3.8) is 0 Å². The van der Waals surface area contributed by atoms with Gasteiger partial charge in [-0.3, -0.25) is 4.79 Å². The number of nitriles is 1. The maximum Gasteiger partial charge on any atom is 0.263 e. The first-order chi connectivity index (χ1) is 12.1. The molecule has 0 aromatic heterocycles. The molecule has 0 saturated heterocycles. The van der Waals surface area contributed by atoms with Crippen molar-refractivity contribution < 1.29 is 9.53 Å². The summed E-state index contributed by atoms with van der Waals surface area (Å²) in [5.41, 5.74) is 2.04. The van der Waals surface area contributed by atoms with Gasteiger partial charge in [-0.1, -0.05) is 42.5 Å². The van der Waals surface area contributed by atoms with E-state index in [4.69, 9.17) is 4.74 Å². The molecule has 2 rings (SSSR count). The molecule has 0 radical (unpaired) electrons. The van der Waals surface area contributed by atoms with Crippen LogP contribution in [0.5, 0.6) is 5.75 Å². The van der Waals surface area contributed by atoms with Gasteiger partial charge in [-0.25, -0.2) is 0 Å². The third-order valence-electron chi connectivity index (χ3n) is 3.72. The molecular formula is C20H21N3O2. The summed E-state index contributed by atoms with van der Waals surface area (Å²) in [6.45, 7) is 2.39. The molecule has 5 heteroatoms. The lowest BCUT2D eigenvalue weighted by molar-refractivity contribution is -0.117. The maximum atomic E-state index is 12.2. The van der Waals surface area contributed by atoms with Crippen molar-refractivity contribution in [3.8, 4) is 11.8 Å². The van der Waals surface area contributed by atoms with E-state index in [9.17, 15) is 10.1 Å². The fourth-order valence-electron chi connectivity index (χ4n) is 2.26. The quantitative estimate of drug-likeness (QED) is 0.602. The van der Waals surface area contributed by atoms with Crippen LogP contribution >= 0.6 is 0 Å². The predicted molar refractivity (Wildman–Crippen MR) is 96.5 cm³/mol. The maximum absolute atomic E-state index is 12.2. The molecule has 25 heavy (non-hydrogen) atoms. The second kappa shape index (κ2) is 9.14. The molecule has 2 N–H and O–H groups in total. The van der Waals surface area contributed by atoms with Gasteiger partial charge in [-0.2, -0.15) is 5.26 Å². The number of carbonyl (C=O) groups is 1. The van der Waals surface area contributed by atoms with Crippen molar-refractivity contribution in [2.75, 3.05) is 7.11 Å². The van der Waals surface area contributed by atoms with Gasteiger partial charge < -0.3 is 15.4 Å². The van der Waals surface area contributed by atoms with E-state index >= 15 is 0 Å². The lowest BCUT2D eigenvalue weighted by Crippen LogP contribution is -2.28. The van der Waals surface area contributed by atoms with E-state index in [1.54, 1.807) is 7.11 Å². The van der Waals surface area contributed by atoms with E-state index in [0.717, 1.165) is 16.9 Å². The third kappa shape index (κ3) is 5.40. The molecule has 2 aromatic carbocycles. The Hall–Kier alpha value is -3.26. The number of carbonyl (C=O) groups excluding carboxylic acids is 1. The van der Waals surface area contributed by atoms with Crippen LogP contribution in [0.25, 0.3) is 0 Å². The van der Waals surface area contributed by atoms with E-state index in [1.807, 2.05) is 67.6 Å². The van der Waals surface area contributed by atoms with E-state index in [0.29, 0.717) is 6.54 Å². The monoisotopic (exact) mass is 335 g/mol. The number of rotatable bonds is 7. The summed E-state index contributed by atoms with van der Waals surface area (Å²) < 4.78 is 5.11. The number of ether oxygens (including phenoxy) is 1. The molecule has 128 valence electrons. The molecular weight excluding hydrogens is 314 g/mol. The van der Waals surface area contributed by atoms with Crippen molar-refractivity contribution in [2.45, 2.75) is 19.5 Å². The highest BCUT2D eigenvalue weighted by Crippen LogP contribution is 2.12. The molecule has 1 unspecified atom stereocenters. The Labute approximate surface area is 147 Å². The molecule has 1 amide bonds. The average Bonchev–Trinajstić information content (AvgIpc) is 2.66. The molecule has 0 saturated carbocycles. The molecule has 0 bridgehead atoms. The van der Waals surface area contributed by atoms with Crippen LogP contribution in [0.15, 0.2) is 66.4 Å². The van der Waals surface area contributed by atoms with E-state index in [2.05, 4.69) is 10.6 Å². The van der Waals surface area contributed by atoms with Gasteiger partial charge in [-0.15, -0.1) is 0 Å². The van der Waals surface area contributed by atoms with Crippen LogP contribution in [0.1, 0.15) is 24.1 Å². The van der Waals surface area contributed by atoms with Crippen LogP contribution in [-0.2, 0) is 11.3 Å². The van der Waals surface area contributed by atoms with E-state index in [-0.39, 0.29) is 11.6 Å². The summed E-state index contributed by atoms with van der Waals surface area (Å²) in [5.74, 6) is 0.382. The van der Waals surface area contributed by atoms with Gasteiger partial charge in [-0.05, 0) is 30.2 Å². The Morgan fingerprint density at radius 3 is 2.48 bits per heavy atom. The first-order valence-electron chi connectivity index (χ1n) is 7.96. The molecule has 0 aliphatic carbocycles. The molecule has 5 nitrogen and oxygen atoms in total. The van der Waals surface area contributed by atoms with Gasteiger partial charge in [0.1, 0.15) is 17.4 Å². The summed E-state index contributed by atoms with van der Waals surface area (Å²) >= 11 is 0. The second-order valence-corrected chi connectivity index (χ2v) is 5.50. The Morgan fingerprint density at radius 1 is 1.20 bits per heavy atom. The lowest BCUT2D eigenvalue weighted by atomic mass is 10.1. The Kier molecular flexibility index (Phi) is 6.61. The molecule has 2 aromatic rings. The fourth-order valence-corrected chi connectivity index (χ4v) is 2.26. The third-order valence-corrected chi connectivity index (χ3v) is 3.72. The van der Waals surface area contributed by atoms with Gasteiger partial charge in [0.25, 0.3) is 5.91 Å². The lowest BCUT2D eigenvalue weighted by Gasteiger charge is -2.13. The second-order valence-electron chi connectivity index (χ2n) is 5.50. The highest BCUT2D eigenvalue weighted by atomic mass is 16.5. The summed E-state index contributed by atoms with van der Waals surface area (Å²) in [5, 5.41) is 15.0. The highest BCUT2D eigenvalue weighted by molar-refractivity contribution is 5.97. The summed E-state index contributed by atoms with van der Waals surface area (Å²) in [7, 11) is 1.62. The van der Waals surface area contributed by atoms with Gasteiger partial charge in [0, 0.05) is 12.7 Å². The zero-order valence-corrected chi connectivity index (χ0v) is 14.3. The molecule has 0 heterocycles. The van der Waals surface area contributed by atoms with Crippen molar-refractivity contribution in [1.29, 1.82) is 5.26 Å². The van der Waals surface area contributed by atoms with Crippen LogP contribution in [0.3, 0.4) is 0 Å². The molecule has 0 aliphatic heterocycles. The van der Waals surface area contributed by atoms with E-state index in [1.165, 1.54) is 6.20 Å². The molecule has 0 aliphatic rings. The topological polar surface area (TPSA) is 74.1 Å². The molecule has 1 atom stereocenters. The number of nitrogens with zero attached hydrogens (tertiary/aromatic N) is 1. The van der Waals surface area contributed by atoms with Crippen molar-refractivity contribution >= 4 is 5.91 Å². The van der Waals surface area contributed by atoms with Crippen molar-refractivity contribution in [3.05, 3.63) is 77.5 Å². The Morgan fingerprint density at radius 2 is 1.88 bits per heavy atom. The van der Waals surface area contributed by atoms with Crippen LogP contribution < -0.4 is 15.4 Å². The minimum Gasteiger partial charge on any atom is -0.497 e. The fraction of sp³-hybridized carbons (Fsp3) is 0.200. The van der Waals surface area contributed by atoms with Gasteiger partial charge in [0.05, 0.1) is 13.2 Å². The van der Waals surface area contributed by atoms with Gasteiger partial charge in [0.2, 0.25) is 0 Å². The Balaban J connectivity index is 1.92. The minimum atomic E-state index is -0.402.